The monoisotopic (exact) mass is 283 g/mol. The fraction of sp³-hybridized carbons (Fsp3) is 0.500. The molecular formula is C14H19F2N3O. The molecule has 110 valence electrons. The lowest BCUT2D eigenvalue weighted by atomic mass is 9.82. The van der Waals surface area contributed by atoms with E-state index >= 15 is 0 Å². The quantitative estimate of drug-likeness (QED) is 0.380. The Bertz CT molecular complexity index is 510. The zero-order chi connectivity index (χ0) is 14.9. The van der Waals surface area contributed by atoms with Crippen LogP contribution in [0.25, 0.3) is 0 Å². The lowest BCUT2D eigenvalue weighted by molar-refractivity contribution is 0.278. The van der Waals surface area contributed by atoms with Crippen LogP contribution in [0.1, 0.15) is 32.3 Å². The second-order valence-corrected chi connectivity index (χ2v) is 5.93. The third-order valence-electron chi connectivity index (χ3n) is 3.85. The lowest BCUT2D eigenvalue weighted by Gasteiger charge is -2.38. The van der Waals surface area contributed by atoms with Crippen LogP contribution in [0.3, 0.4) is 0 Å². The first-order valence-corrected chi connectivity index (χ1v) is 6.56. The molecule has 2 rings (SSSR count). The van der Waals surface area contributed by atoms with E-state index in [-0.39, 0.29) is 22.5 Å². The van der Waals surface area contributed by atoms with Crippen molar-refractivity contribution in [3.63, 3.8) is 0 Å². The summed E-state index contributed by atoms with van der Waals surface area (Å²) < 4.78 is 28.2. The number of piperidine rings is 1. The molecule has 3 N–H and O–H groups in total. The Hall–Kier alpha value is -1.85. The minimum absolute atomic E-state index is 0.0311. The fourth-order valence-corrected chi connectivity index (χ4v) is 2.41. The SMILES string of the molecule is CC1(C)CCN(c2c(F)cc(C(N)=NO)cc2F)CC1. The van der Waals surface area contributed by atoms with Crippen molar-refractivity contribution >= 4 is 11.5 Å². The number of nitrogens with zero attached hydrogens (tertiary/aromatic N) is 2. The maximum atomic E-state index is 14.1. The third kappa shape index (κ3) is 2.84. The maximum absolute atomic E-state index is 14.1. The van der Waals surface area contributed by atoms with Crippen molar-refractivity contribution in [3.8, 4) is 0 Å². The Labute approximate surface area is 116 Å². The topological polar surface area (TPSA) is 61.8 Å². The highest BCUT2D eigenvalue weighted by Gasteiger charge is 2.28. The van der Waals surface area contributed by atoms with Gasteiger partial charge >= 0.3 is 0 Å². The van der Waals surface area contributed by atoms with Crippen molar-refractivity contribution in [1.82, 2.24) is 0 Å². The predicted molar refractivity (Wildman–Crippen MR) is 74.1 cm³/mol. The first-order chi connectivity index (χ1) is 9.34. The van der Waals surface area contributed by atoms with Gasteiger partial charge in [0.15, 0.2) is 5.84 Å². The van der Waals surface area contributed by atoms with Crippen LogP contribution in [0, 0.1) is 17.0 Å². The van der Waals surface area contributed by atoms with Crippen LogP contribution in [0.15, 0.2) is 17.3 Å². The van der Waals surface area contributed by atoms with Crippen LogP contribution in [-0.4, -0.2) is 24.1 Å². The highest BCUT2D eigenvalue weighted by molar-refractivity contribution is 5.97. The summed E-state index contributed by atoms with van der Waals surface area (Å²) in [6.07, 6.45) is 1.77. The first kappa shape index (κ1) is 14.6. The van der Waals surface area contributed by atoms with Gasteiger partial charge in [-0.15, -0.1) is 0 Å². The van der Waals surface area contributed by atoms with Crippen LogP contribution in [0.2, 0.25) is 0 Å². The molecule has 4 nitrogen and oxygen atoms in total. The molecule has 0 aromatic heterocycles. The second kappa shape index (κ2) is 5.26. The molecule has 0 spiro atoms. The van der Waals surface area contributed by atoms with E-state index in [2.05, 4.69) is 19.0 Å². The maximum Gasteiger partial charge on any atom is 0.170 e. The van der Waals surface area contributed by atoms with Crippen molar-refractivity contribution in [3.05, 3.63) is 29.3 Å². The van der Waals surface area contributed by atoms with E-state index in [0.717, 1.165) is 25.0 Å². The number of halogens is 2. The summed E-state index contributed by atoms with van der Waals surface area (Å²) in [6, 6.07) is 2.18. The lowest BCUT2D eigenvalue weighted by Crippen LogP contribution is -2.38. The molecule has 0 amide bonds. The van der Waals surface area contributed by atoms with E-state index in [1.54, 1.807) is 4.90 Å². The van der Waals surface area contributed by atoms with E-state index in [1.807, 2.05) is 0 Å². The van der Waals surface area contributed by atoms with Crippen LogP contribution in [0.4, 0.5) is 14.5 Å². The Morgan fingerprint density at radius 3 is 2.20 bits per heavy atom. The highest BCUT2D eigenvalue weighted by Crippen LogP contribution is 2.34. The molecule has 1 heterocycles. The van der Waals surface area contributed by atoms with Crippen molar-refractivity contribution in [1.29, 1.82) is 0 Å². The second-order valence-electron chi connectivity index (χ2n) is 5.93. The number of amidine groups is 1. The van der Waals surface area contributed by atoms with Crippen LogP contribution < -0.4 is 10.6 Å². The van der Waals surface area contributed by atoms with E-state index in [4.69, 9.17) is 10.9 Å². The summed E-state index contributed by atoms with van der Waals surface area (Å²) >= 11 is 0. The minimum Gasteiger partial charge on any atom is -0.409 e. The summed E-state index contributed by atoms with van der Waals surface area (Å²) in [5, 5.41) is 11.3. The zero-order valence-corrected chi connectivity index (χ0v) is 11.7. The largest absolute Gasteiger partial charge is 0.409 e. The van der Waals surface area contributed by atoms with Gasteiger partial charge in [0.2, 0.25) is 0 Å². The molecule has 6 heteroatoms. The van der Waals surface area contributed by atoms with Crippen molar-refractivity contribution < 1.29 is 14.0 Å². The molecular weight excluding hydrogens is 264 g/mol. The Morgan fingerprint density at radius 2 is 1.75 bits per heavy atom. The van der Waals surface area contributed by atoms with Crippen LogP contribution in [-0.2, 0) is 0 Å². The van der Waals surface area contributed by atoms with Gasteiger partial charge in [-0.05, 0) is 30.4 Å². The predicted octanol–water partition coefficient (Wildman–Crippen LogP) is 2.69. The van der Waals surface area contributed by atoms with Crippen LogP contribution in [0.5, 0.6) is 0 Å². The normalized spacial score (nSPS) is 19.2. The molecule has 1 fully saturated rings. The van der Waals surface area contributed by atoms with Crippen molar-refractivity contribution in [2.75, 3.05) is 18.0 Å². The molecule has 0 saturated carbocycles. The number of nitrogens with two attached hydrogens (primary N) is 1. The van der Waals surface area contributed by atoms with Gasteiger partial charge in [-0.25, -0.2) is 8.78 Å². The number of hydrogen-bond acceptors (Lipinski definition) is 3. The molecule has 20 heavy (non-hydrogen) atoms. The van der Waals surface area contributed by atoms with Gasteiger partial charge in [-0.3, -0.25) is 0 Å². The molecule has 1 saturated heterocycles. The van der Waals surface area contributed by atoms with E-state index < -0.39 is 11.6 Å². The van der Waals surface area contributed by atoms with E-state index in [9.17, 15) is 8.78 Å². The molecule has 1 aromatic carbocycles. The fourth-order valence-electron chi connectivity index (χ4n) is 2.41. The van der Waals surface area contributed by atoms with E-state index in [1.165, 1.54) is 0 Å². The number of benzene rings is 1. The molecule has 1 aliphatic heterocycles. The van der Waals surface area contributed by atoms with Gasteiger partial charge in [-0.2, -0.15) is 0 Å². The zero-order valence-electron chi connectivity index (χ0n) is 11.7. The smallest absolute Gasteiger partial charge is 0.170 e. The number of rotatable bonds is 2. The molecule has 0 atom stereocenters. The molecule has 1 aromatic rings. The van der Waals surface area contributed by atoms with Gasteiger partial charge in [0.25, 0.3) is 0 Å². The molecule has 0 aliphatic carbocycles. The average molecular weight is 283 g/mol. The van der Waals surface area contributed by atoms with Gasteiger partial charge in [-0.1, -0.05) is 19.0 Å². The Kier molecular flexibility index (Phi) is 3.83. The van der Waals surface area contributed by atoms with E-state index in [0.29, 0.717) is 13.1 Å². The third-order valence-corrected chi connectivity index (χ3v) is 3.85. The highest BCUT2D eigenvalue weighted by atomic mass is 19.1. The van der Waals surface area contributed by atoms with Gasteiger partial charge in [0.05, 0.1) is 0 Å². The average Bonchev–Trinajstić information content (AvgIpc) is 2.38. The summed E-state index contributed by atoms with van der Waals surface area (Å²) in [4.78, 5) is 1.71. The Morgan fingerprint density at radius 1 is 1.25 bits per heavy atom. The van der Waals surface area contributed by atoms with Crippen molar-refractivity contribution in [2.45, 2.75) is 26.7 Å². The summed E-state index contributed by atoms with van der Waals surface area (Å²) in [5.41, 5.74) is 5.55. The number of hydrogen-bond donors (Lipinski definition) is 2. The summed E-state index contributed by atoms with van der Waals surface area (Å²) in [7, 11) is 0. The summed E-state index contributed by atoms with van der Waals surface area (Å²) in [5.74, 6) is -1.69. The molecule has 0 unspecified atom stereocenters. The van der Waals surface area contributed by atoms with Crippen molar-refractivity contribution in [2.24, 2.45) is 16.3 Å². The van der Waals surface area contributed by atoms with Gasteiger partial charge in [0.1, 0.15) is 17.3 Å². The molecule has 1 aliphatic rings. The number of oxime groups is 1. The first-order valence-electron chi connectivity index (χ1n) is 6.56. The van der Waals surface area contributed by atoms with Crippen LogP contribution >= 0.6 is 0 Å². The molecule has 0 bridgehead atoms. The standard InChI is InChI=1S/C14H19F2N3O/c1-14(2)3-5-19(6-4-14)12-10(15)7-9(8-11(12)16)13(17)18-20/h7-8,20H,3-6H2,1-2H3,(H2,17,18). The van der Waals surface area contributed by atoms with Gasteiger partial charge < -0.3 is 15.8 Å². The minimum atomic E-state index is -0.689. The Balaban J connectivity index is 2.30. The number of anilines is 1. The summed E-state index contributed by atoms with van der Waals surface area (Å²) in [6.45, 7) is 5.53. The molecule has 0 radical (unpaired) electrons. The van der Waals surface area contributed by atoms with Gasteiger partial charge in [0, 0.05) is 18.7 Å².